The van der Waals surface area contributed by atoms with Gasteiger partial charge in [0.15, 0.2) is 0 Å². The number of aromatic carboxylic acids is 1. The van der Waals surface area contributed by atoms with E-state index in [9.17, 15) is 4.79 Å². The van der Waals surface area contributed by atoms with E-state index in [1.54, 1.807) is 12.1 Å². The highest BCUT2D eigenvalue weighted by molar-refractivity contribution is 6.33. The Morgan fingerprint density at radius 2 is 2.33 bits per heavy atom. The van der Waals surface area contributed by atoms with Crippen molar-refractivity contribution in [3.63, 3.8) is 0 Å². The largest absolute Gasteiger partial charge is 0.478 e. The van der Waals surface area contributed by atoms with Gasteiger partial charge in [-0.2, -0.15) is 0 Å². The van der Waals surface area contributed by atoms with Crippen LogP contribution >= 0.6 is 11.6 Å². The SMILES string of the molecule is O=C(O)c1ccc(NCC2CCCCO2)cc1Cl. The molecule has 98 valence electrons. The predicted molar refractivity (Wildman–Crippen MR) is 70.5 cm³/mol. The second-order valence-corrected chi connectivity index (χ2v) is 4.78. The number of benzene rings is 1. The van der Waals surface area contributed by atoms with Crippen molar-refractivity contribution in [2.45, 2.75) is 25.4 Å². The van der Waals surface area contributed by atoms with Gasteiger partial charge >= 0.3 is 5.97 Å². The molecule has 2 N–H and O–H groups in total. The Kier molecular flexibility index (Phi) is 4.44. The van der Waals surface area contributed by atoms with Crippen LogP contribution in [0.1, 0.15) is 29.6 Å². The second kappa shape index (κ2) is 6.07. The zero-order valence-corrected chi connectivity index (χ0v) is 10.7. The first kappa shape index (κ1) is 13.2. The molecule has 0 aromatic heterocycles. The summed E-state index contributed by atoms with van der Waals surface area (Å²) in [4.78, 5) is 10.8. The Morgan fingerprint density at radius 3 is 2.94 bits per heavy atom. The van der Waals surface area contributed by atoms with E-state index in [1.807, 2.05) is 0 Å². The lowest BCUT2D eigenvalue weighted by molar-refractivity contribution is 0.0247. The van der Waals surface area contributed by atoms with Crippen molar-refractivity contribution in [3.05, 3.63) is 28.8 Å². The smallest absolute Gasteiger partial charge is 0.337 e. The number of rotatable bonds is 4. The van der Waals surface area contributed by atoms with Gasteiger partial charge in [0.05, 0.1) is 16.7 Å². The maximum atomic E-state index is 10.8. The zero-order valence-electron chi connectivity index (χ0n) is 9.99. The van der Waals surface area contributed by atoms with Crippen LogP contribution in [0.15, 0.2) is 18.2 Å². The Labute approximate surface area is 111 Å². The minimum atomic E-state index is -1.01. The summed E-state index contributed by atoms with van der Waals surface area (Å²) in [6.45, 7) is 1.55. The summed E-state index contributed by atoms with van der Waals surface area (Å²) in [5.74, 6) is -1.01. The Hall–Kier alpha value is -1.26. The molecule has 1 heterocycles. The molecule has 1 aromatic carbocycles. The number of carboxylic acid groups (broad SMARTS) is 1. The Balaban J connectivity index is 1.93. The summed E-state index contributed by atoms with van der Waals surface area (Å²) in [6, 6.07) is 4.86. The number of anilines is 1. The quantitative estimate of drug-likeness (QED) is 0.882. The monoisotopic (exact) mass is 269 g/mol. The molecule has 0 bridgehead atoms. The normalized spacial score (nSPS) is 19.5. The fraction of sp³-hybridized carbons (Fsp3) is 0.462. The molecule has 1 fully saturated rings. The van der Waals surface area contributed by atoms with Gasteiger partial charge in [-0.05, 0) is 37.5 Å². The highest BCUT2D eigenvalue weighted by Gasteiger charge is 2.14. The summed E-state index contributed by atoms with van der Waals surface area (Å²) in [5.41, 5.74) is 0.940. The minimum Gasteiger partial charge on any atom is -0.478 e. The molecule has 0 saturated carbocycles. The number of carboxylic acids is 1. The van der Waals surface area contributed by atoms with Crippen molar-refractivity contribution in [2.75, 3.05) is 18.5 Å². The molecule has 0 radical (unpaired) electrons. The predicted octanol–water partition coefficient (Wildman–Crippen LogP) is 3.02. The number of halogens is 1. The molecule has 1 atom stereocenters. The van der Waals surface area contributed by atoms with Crippen LogP contribution in [0.2, 0.25) is 5.02 Å². The Bertz CT molecular complexity index is 430. The van der Waals surface area contributed by atoms with Crippen molar-refractivity contribution in [2.24, 2.45) is 0 Å². The molecule has 1 aliphatic rings. The van der Waals surface area contributed by atoms with E-state index in [0.717, 1.165) is 31.7 Å². The maximum Gasteiger partial charge on any atom is 0.337 e. The lowest BCUT2D eigenvalue weighted by Crippen LogP contribution is -2.26. The summed E-state index contributed by atoms with van der Waals surface area (Å²) in [5, 5.41) is 12.3. The van der Waals surface area contributed by atoms with Gasteiger partial charge < -0.3 is 15.2 Å². The van der Waals surface area contributed by atoms with Crippen molar-refractivity contribution in [1.82, 2.24) is 0 Å². The van der Waals surface area contributed by atoms with Gasteiger partial charge in [-0.1, -0.05) is 11.6 Å². The van der Waals surface area contributed by atoms with E-state index in [-0.39, 0.29) is 16.7 Å². The summed E-state index contributed by atoms with van der Waals surface area (Å²) < 4.78 is 5.60. The van der Waals surface area contributed by atoms with Crippen LogP contribution in [0.25, 0.3) is 0 Å². The van der Waals surface area contributed by atoms with Crippen molar-refractivity contribution in [3.8, 4) is 0 Å². The molecule has 2 rings (SSSR count). The van der Waals surface area contributed by atoms with Crippen LogP contribution < -0.4 is 5.32 Å². The van der Waals surface area contributed by atoms with E-state index in [0.29, 0.717) is 0 Å². The van der Waals surface area contributed by atoms with E-state index in [2.05, 4.69) is 5.32 Å². The summed E-state index contributed by atoms with van der Waals surface area (Å²) in [6.07, 6.45) is 3.63. The van der Waals surface area contributed by atoms with Gasteiger partial charge in [-0.25, -0.2) is 4.79 Å². The molecule has 0 amide bonds. The third-order valence-electron chi connectivity index (χ3n) is 3.01. The molecule has 0 aliphatic carbocycles. The van der Waals surface area contributed by atoms with Gasteiger partial charge in [-0.3, -0.25) is 0 Å². The van der Waals surface area contributed by atoms with Gasteiger partial charge in [0.2, 0.25) is 0 Å². The van der Waals surface area contributed by atoms with E-state index in [4.69, 9.17) is 21.4 Å². The van der Waals surface area contributed by atoms with Crippen LogP contribution in [0.3, 0.4) is 0 Å². The summed E-state index contributed by atoms with van der Waals surface area (Å²) in [7, 11) is 0. The number of ether oxygens (including phenoxy) is 1. The molecular formula is C13H16ClNO3. The third kappa shape index (κ3) is 3.37. The third-order valence-corrected chi connectivity index (χ3v) is 3.32. The molecule has 1 saturated heterocycles. The zero-order chi connectivity index (χ0) is 13.0. The van der Waals surface area contributed by atoms with Crippen LogP contribution in [0, 0.1) is 0 Å². The molecule has 18 heavy (non-hydrogen) atoms. The van der Waals surface area contributed by atoms with Gasteiger partial charge in [0, 0.05) is 18.8 Å². The molecule has 1 aliphatic heterocycles. The molecule has 0 spiro atoms. The van der Waals surface area contributed by atoms with Crippen LogP contribution in [0.5, 0.6) is 0 Å². The summed E-state index contributed by atoms with van der Waals surface area (Å²) >= 11 is 5.89. The highest BCUT2D eigenvalue weighted by atomic mass is 35.5. The number of nitrogens with one attached hydrogen (secondary N) is 1. The van der Waals surface area contributed by atoms with E-state index in [1.165, 1.54) is 12.5 Å². The molecular weight excluding hydrogens is 254 g/mol. The highest BCUT2D eigenvalue weighted by Crippen LogP contribution is 2.21. The van der Waals surface area contributed by atoms with E-state index >= 15 is 0 Å². The molecule has 1 aromatic rings. The number of hydrogen-bond acceptors (Lipinski definition) is 3. The average molecular weight is 270 g/mol. The van der Waals surface area contributed by atoms with Crippen molar-refractivity contribution < 1.29 is 14.6 Å². The number of carbonyl (C=O) groups is 1. The fourth-order valence-corrected chi connectivity index (χ4v) is 2.26. The van der Waals surface area contributed by atoms with Crippen LogP contribution in [-0.4, -0.2) is 30.3 Å². The number of hydrogen-bond donors (Lipinski definition) is 2. The first-order chi connectivity index (χ1) is 8.66. The van der Waals surface area contributed by atoms with Crippen molar-refractivity contribution >= 4 is 23.3 Å². The van der Waals surface area contributed by atoms with Gasteiger partial charge in [0.25, 0.3) is 0 Å². The van der Waals surface area contributed by atoms with Crippen LogP contribution in [0.4, 0.5) is 5.69 Å². The lowest BCUT2D eigenvalue weighted by Gasteiger charge is -2.23. The minimum absolute atomic E-state index is 0.121. The molecule has 5 heteroatoms. The van der Waals surface area contributed by atoms with Gasteiger partial charge in [0.1, 0.15) is 0 Å². The maximum absolute atomic E-state index is 10.8. The van der Waals surface area contributed by atoms with Crippen molar-refractivity contribution in [1.29, 1.82) is 0 Å². The second-order valence-electron chi connectivity index (χ2n) is 4.37. The molecule has 4 nitrogen and oxygen atoms in total. The average Bonchev–Trinajstić information content (AvgIpc) is 2.37. The van der Waals surface area contributed by atoms with E-state index < -0.39 is 5.97 Å². The fourth-order valence-electron chi connectivity index (χ4n) is 2.00. The first-order valence-corrected chi connectivity index (χ1v) is 6.43. The standard InChI is InChI=1S/C13H16ClNO3/c14-12-7-9(4-5-11(12)13(16)17)15-8-10-3-1-2-6-18-10/h4-5,7,10,15H,1-3,6,8H2,(H,16,17). The Morgan fingerprint density at radius 1 is 1.50 bits per heavy atom. The molecule has 1 unspecified atom stereocenters. The topological polar surface area (TPSA) is 58.6 Å². The lowest BCUT2D eigenvalue weighted by atomic mass is 10.1. The first-order valence-electron chi connectivity index (χ1n) is 6.05. The van der Waals surface area contributed by atoms with Gasteiger partial charge in [-0.15, -0.1) is 0 Å². The van der Waals surface area contributed by atoms with Crippen LogP contribution in [-0.2, 0) is 4.74 Å².